The zero-order valence-electron chi connectivity index (χ0n) is 5.47. The van der Waals surface area contributed by atoms with Crippen LogP contribution >= 0.6 is 11.6 Å². The summed E-state index contributed by atoms with van der Waals surface area (Å²) in [6.45, 7) is 0.625. The highest BCUT2D eigenvalue weighted by Gasteiger charge is 2.18. The number of ether oxygens (including phenoxy) is 2. The van der Waals surface area contributed by atoms with E-state index in [2.05, 4.69) is 0 Å². The number of methoxy groups -OCH3 is 1. The van der Waals surface area contributed by atoms with E-state index in [0.717, 1.165) is 12.8 Å². The summed E-state index contributed by atoms with van der Waals surface area (Å²) >= 11 is 5.76. The smallest absolute Gasteiger partial charge is 0.157 e. The first-order chi connectivity index (χ1) is 4.33. The lowest BCUT2D eigenvalue weighted by Gasteiger charge is -2.23. The molecule has 2 unspecified atom stereocenters. The van der Waals surface area contributed by atoms with Crippen LogP contribution in [-0.2, 0) is 9.47 Å². The van der Waals surface area contributed by atoms with E-state index in [4.69, 9.17) is 21.1 Å². The lowest BCUT2D eigenvalue weighted by atomic mass is 10.2. The second-order valence-electron chi connectivity index (χ2n) is 2.17. The molecule has 2 atom stereocenters. The molecule has 54 valence electrons. The highest BCUT2D eigenvalue weighted by atomic mass is 35.5. The minimum atomic E-state index is -0.0139. The lowest BCUT2D eigenvalue weighted by Crippen LogP contribution is -2.27. The first-order valence-corrected chi connectivity index (χ1v) is 3.55. The Morgan fingerprint density at radius 1 is 1.56 bits per heavy atom. The SMILES string of the molecule is COC1CCC(Cl)CO1. The van der Waals surface area contributed by atoms with E-state index in [-0.39, 0.29) is 11.7 Å². The van der Waals surface area contributed by atoms with Gasteiger partial charge in [0.1, 0.15) is 0 Å². The van der Waals surface area contributed by atoms with Crippen molar-refractivity contribution in [2.75, 3.05) is 13.7 Å². The van der Waals surface area contributed by atoms with Crippen molar-refractivity contribution in [1.29, 1.82) is 0 Å². The molecule has 1 fully saturated rings. The van der Waals surface area contributed by atoms with Gasteiger partial charge in [-0.15, -0.1) is 11.6 Å². The predicted octanol–water partition coefficient (Wildman–Crippen LogP) is 1.38. The summed E-state index contributed by atoms with van der Waals surface area (Å²) in [6.07, 6.45) is 1.91. The van der Waals surface area contributed by atoms with Gasteiger partial charge < -0.3 is 9.47 Å². The molecule has 0 aromatic carbocycles. The van der Waals surface area contributed by atoms with Crippen LogP contribution in [0.4, 0.5) is 0 Å². The highest BCUT2D eigenvalue weighted by molar-refractivity contribution is 6.20. The number of halogens is 1. The van der Waals surface area contributed by atoms with Crippen LogP contribution in [0.5, 0.6) is 0 Å². The number of rotatable bonds is 1. The molecule has 0 aliphatic carbocycles. The normalized spacial score (nSPS) is 36.7. The Morgan fingerprint density at radius 3 is 2.78 bits per heavy atom. The molecular formula is C6H11ClO2. The molecule has 3 heteroatoms. The maximum atomic E-state index is 5.76. The molecule has 0 aromatic rings. The largest absolute Gasteiger partial charge is 0.356 e. The number of hydrogen-bond donors (Lipinski definition) is 0. The van der Waals surface area contributed by atoms with Crippen LogP contribution in [-0.4, -0.2) is 25.4 Å². The minimum Gasteiger partial charge on any atom is -0.356 e. The standard InChI is InChI=1S/C6H11ClO2/c1-8-6-3-2-5(7)4-9-6/h5-6H,2-4H2,1H3. The Hall–Kier alpha value is 0.210. The fourth-order valence-electron chi connectivity index (χ4n) is 0.881. The van der Waals surface area contributed by atoms with E-state index in [1.807, 2.05) is 0 Å². The van der Waals surface area contributed by atoms with Crippen molar-refractivity contribution in [3.63, 3.8) is 0 Å². The predicted molar refractivity (Wildman–Crippen MR) is 35.6 cm³/mol. The van der Waals surface area contributed by atoms with Gasteiger partial charge in [-0.2, -0.15) is 0 Å². The van der Waals surface area contributed by atoms with Crippen molar-refractivity contribution in [2.45, 2.75) is 24.5 Å². The summed E-state index contributed by atoms with van der Waals surface area (Å²) in [7, 11) is 1.65. The van der Waals surface area contributed by atoms with Crippen LogP contribution in [0.2, 0.25) is 0 Å². The molecule has 1 saturated heterocycles. The molecule has 0 radical (unpaired) electrons. The molecule has 0 saturated carbocycles. The zero-order chi connectivity index (χ0) is 6.69. The van der Waals surface area contributed by atoms with Gasteiger partial charge in [-0.1, -0.05) is 0 Å². The van der Waals surface area contributed by atoms with Crippen LogP contribution in [0.25, 0.3) is 0 Å². The molecule has 0 aromatic heterocycles. The summed E-state index contributed by atoms with van der Waals surface area (Å²) in [4.78, 5) is 0. The summed E-state index contributed by atoms with van der Waals surface area (Å²) in [5, 5.41) is 0.191. The molecule has 1 aliphatic heterocycles. The molecule has 2 nitrogen and oxygen atoms in total. The second-order valence-corrected chi connectivity index (χ2v) is 2.79. The summed E-state index contributed by atoms with van der Waals surface area (Å²) in [5.41, 5.74) is 0. The quantitative estimate of drug-likeness (QED) is 0.526. The maximum absolute atomic E-state index is 5.76. The van der Waals surface area contributed by atoms with E-state index in [1.54, 1.807) is 7.11 Å². The molecule has 0 N–H and O–H groups in total. The molecule has 0 spiro atoms. The minimum absolute atomic E-state index is 0.0139. The zero-order valence-corrected chi connectivity index (χ0v) is 6.23. The van der Waals surface area contributed by atoms with E-state index in [1.165, 1.54) is 0 Å². The Kier molecular flexibility index (Phi) is 2.76. The van der Waals surface area contributed by atoms with Gasteiger partial charge in [-0.3, -0.25) is 0 Å². The van der Waals surface area contributed by atoms with Gasteiger partial charge >= 0.3 is 0 Å². The van der Waals surface area contributed by atoms with Gasteiger partial charge in [0.25, 0.3) is 0 Å². The second kappa shape index (κ2) is 3.40. The van der Waals surface area contributed by atoms with Crippen molar-refractivity contribution in [1.82, 2.24) is 0 Å². The van der Waals surface area contributed by atoms with Gasteiger partial charge in [0, 0.05) is 7.11 Å². The van der Waals surface area contributed by atoms with Gasteiger partial charge in [0.15, 0.2) is 6.29 Å². The fraction of sp³-hybridized carbons (Fsp3) is 1.00. The van der Waals surface area contributed by atoms with Crippen molar-refractivity contribution in [3.8, 4) is 0 Å². The monoisotopic (exact) mass is 150 g/mol. The third-order valence-corrected chi connectivity index (χ3v) is 1.79. The van der Waals surface area contributed by atoms with Crippen molar-refractivity contribution < 1.29 is 9.47 Å². The maximum Gasteiger partial charge on any atom is 0.157 e. The van der Waals surface area contributed by atoms with Crippen LogP contribution < -0.4 is 0 Å². The van der Waals surface area contributed by atoms with Gasteiger partial charge in [0.2, 0.25) is 0 Å². The summed E-state index contributed by atoms with van der Waals surface area (Å²) in [5.74, 6) is 0. The summed E-state index contributed by atoms with van der Waals surface area (Å²) in [6, 6.07) is 0. The first-order valence-electron chi connectivity index (χ1n) is 3.11. The summed E-state index contributed by atoms with van der Waals surface area (Å²) < 4.78 is 10.1. The van der Waals surface area contributed by atoms with Crippen LogP contribution in [0.1, 0.15) is 12.8 Å². The molecule has 9 heavy (non-hydrogen) atoms. The van der Waals surface area contributed by atoms with Crippen molar-refractivity contribution >= 4 is 11.6 Å². The average molecular weight is 151 g/mol. The number of alkyl halides is 1. The third kappa shape index (κ3) is 2.12. The van der Waals surface area contributed by atoms with Crippen LogP contribution in [0.15, 0.2) is 0 Å². The topological polar surface area (TPSA) is 18.5 Å². The first kappa shape index (κ1) is 7.32. The molecule has 0 bridgehead atoms. The fourth-order valence-corrected chi connectivity index (χ4v) is 1.08. The Balaban J connectivity index is 2.18. The van der Waals surface area contributed by atoms with E-state index in [9.17, 15) is 0 Å². The van der Waals surface area contributed by atoms with Crippen LogP contribution in [0.3, 0.4) is 0 Å². The molecule has 1 aliphatic rings. The van der Waals surface area contributed by atoms with E-state index >= 15 is 0 Å². The Bertz CT molecular complexity index is 79.1. The molecule has 1 rings (SSSR count). The Labute approximate surface area is 60.1 Å². The lowest BCUT2D eigenvalue weighted by molar-refractivity contribution is -0.143. The van der Waals surface area contributed by atoms with Crippen molar-refractivity contribution in [3.05, 3.63) is 0 Å². The van der Waals surface area contributed by atoms with Crippen molar-refractivity contribution in [2.24, 2.45) is 0 Å². The van der Waals surface area contributed by atoms with E-state index < -0.39 is 0 Å². The van der Waals surface area contributed by atoms with Gasteiger partial charge in [-0.05, 0) is 12.8 Å². The molecular weight excluding hydrogens is 140 g/mol. The molecule has 1 heterocycles. The number of hydrogen-bond acceptors (Lipinski definition) is 2. The van der Waals surface area contributed by atoms with E-state index in [0.29, 0.717) is 6.61 Å². The van der Waals surface area contributed by atoms with Gasteiger partial charge in [-0.25, -0.2) is 0 Å². The third-order valence-electron chi connectivity index (χ3n) is 1.44. The highest BCUT2D eigenvalue weighted by Crippen LogP contribution is 2.17. The molecule has 0 amide bonds. The van der Waals surface area contributed by atoms with Crippen LogP contribution in [0, 0.1) is 0 Å². The Morgan fingerprint density at radius 2 is 2.33 bits per heavy atom. The van der Waals surface area contributed by atoms with Gasteiger partial charge in [0.05, 0.1) is 12.0 Å². The average Bonchev–Trinajstić information content (AvgIpc) is 1.90.